The van der Waals surface area contributed by atoms with Crippen molar-refractivity contribution in [3.05, 3.63) is 107 Å². The first-order valence-corrected chi connectivity index (χ1v) is 10.2. The molecule has 0 unspecified atom stereocenters. The highest BCUT2D eigenvalue weighted by Gasteiger charge is 2.26. The van der Waals surface area contributed by atoms with Crippen molar-refractivity contribution in [2.75, 3.05) is 13.7 Å². The molecule has 0 aliphatic rings. The maximum Gasteiger partial charge on any atom is 0.248 e. The van der Waals surface area contributed by atoms with Crippen molar-refractivity contribution in [3.63, 3.8) is 0 Å². The van der Waals surface area contributed by atoms with Crippen molar-refractivity contribution in [1.82, 2.24) is 4.90 Å². The third-order valence-corrected chi connectivity index (χ3v) is 5.50. The van der Waals surface area contributed by atoms with Gasteiger partial charge in [0, 0.05) is 17.6 Å². The summed E-state index contributed by atoms with van der Waals surface area (Å²) in [6.45, 7) is 5.67. The molecule has 0 aliphatic carbocycles. The van der Waals surface area contributed by atoms with Gasteiger partial charge in [-0.05, 0) is 49.7 Å². The van der Waals surface area contributed by atoms with Gasteiger partial charge in [-0.2, -0.15) is 0 Å². The van der Waals surface area contributed by atoms with Crippen molar-refractivity contribution in [1.29, 1.82) is 0 Å². The molecule has 30 heavy (non-hydrogen) atoms. The van der Waals surface area contributed by atoms with Gasteiger partial charge < -0.3 is 10.5 Å². The van der Waals surface area contributed by atoms with E-state index >= 15 is 0 Å². The minimum Gasteiger partial charge on any atom is -0.367 e. The maximum atomic E-state index is 11.3. The Hall–Kier alpha value is -2.95. The smallest absolute Gasteiger partial charge is 0.248 e. The summed E-state index contributed by atoms with van der Waals surface area (Å²) >= 11 is 0. The molecule has 0 aromatic heterocycles. The zero-order valence-corrected chi connectivity index (χ0v) is 17.9. The Balaban J connectivity index is 1.70. The first-order chi connectivity index (χ1) is 14.4. The molecule has 1 amide bonds. The highest BCUT2D eigenvalue weighted by Crippen LogP contribution is 2.28. The summed E-state index contributed by atoms with van der Waals surface area (Å²) in [4.78, 5) is 13.5. The number of nitrogens with two attached hydrogens (primary N) is 1. The molecule has 4 nitrogen and oxygen atoms in total. The van der Waals surface area contributed by atoms with Crippen LogP contribution in [-0.2, 0) is 11.3 Å². The van der Waals surface area contributed by atoms with Crippen LogP contribution in [0.15, 0.2) is 84.9 Å². The van der Waals surface area contributed by atoms with Crippen molar-refractivity contribution in [3.8, 4) is 0 Å². The van der Waals surface area contributed by atoms with Crippen LogP contribution in [0.2, 0.25) is 0 Å². The van der Waals surface area contributed by atoms with E-state index < -0.39 is 5.91 Å². The number of hydrogen-bond acceptors (Lipinski definition) is 3. The van der Waals surface area contributed by atoms with Gasteiger partial charge in [0.15, 0.2) is 0 Å². The monoisotopic (exact) mass is 402 g/mol. The Morgan fingerprint density at radius 2 is 1.40 bits per heavy atom. The van der Waals surface area contributed by atoms with E-state index in [4.69, 9.17) is 10.5 Å². The van der Waals surface area contributed by atoms with E-state index in [-0.39, 0.29) is 11.6 Å². The lowest BCUT2D eigenvalue weighted by molar-refractivity contribution is -0.00737. The number of primary amides is 1. The Morgan fingerprint density at radius 1 is 0.900 bits per heavy atom. The van der Waals surface area contributed by atoms with E-state index in [1.807, 2.05) is 48.5 Å². The summed E-state index contributed by atoms with van der Waals surface area (Å²) in [5.41, 5.74) is 9.08. The van der Waals surface area contributed by atoms with Crippen LogP contribution in [0.5, 0.6) is 0 Å². The third kappa shape index (κ3) is 5.56. The predicted molar refractivity (Wildman–Crippen MR) is 121 cm³/mol. The van der Waals surface area contributed by atoms with Crippen molar-refractivity contribution < 1.29 is 9.53 Å². The van der Waals surface area contributed by atoms with E-state index in [1.165, 1.54) is 0 Å². The number of carbonyl (C=O) groups is 1. The van der Waals surface area contributed by atoms with Crippen LogP contribution in [0.3, 0.4) is 0 Å². The van der Waals surface area contributed by atoms with Crippen LogP contribution in [-0.4, -0.2) is 30.0 Å². The fourth-order valence-electron chi connectivity index (χ4n) is 3.30. The zero-order valence-electron chi connectivity index (χ0n) is 17.9. The highest BCUT2D eigenvalue weighted by atomic mass is 16.5. The molecule has 0 heterocycles. The lowest BCUT2D eigenvalue weighted by Crippen LogP contribution is -2.44. The summed E-state index contributed by atoms with van der Waals surface area (Å²) in [6, 6.07) is 28.1. The lowest BCUT2D eigenvalue weighted by Gasteiger charge is -2.37. The number of nitrogens with zero attached hydrogens (tertiary/aromatic N) is 1. The average molecular weight is 403 g/mol. The number of likely N-dealkylation sites (N-methyl/N-ethyl adjacent to an activating group) is 1. The van der Waals surface area contributed by atoms with Crippen molar-refractivity contribution >= 4 is 5.91 Å². The first-order valence-electron chi connectivity index (χ1n) is 10.2. The van der Waals surface area contributed by atoms with Crippen LogP contribution in [0.4, 0.5) is 0 Å². The molecule has 0 spiro atoms. The molecule has 156 valence electrons. The number of rotatable bonds is 9. The van der Waals surface area contributed by atoms with E-state index in [9.17, 15) is 4.79 Å². The molecule has 4 heteroatoms. The van der Waals surface area contributed by atoms with E-state index in [2.05, 4.69) is 50.1 Å². The minimum atomic E-state index is -0.406. The van der Waals surface area contributed by atoms with Gasteiger partial charge in [0.2, 0.25) is 5.91 Å². The second kappa shape index (κ2) is 9.70. The van der Waals surface area contributed by atoms with Gasteiger partial charge >= 0.3 is 0 Å². The fourth-order valence-corrected chi connectivity index (χ4v) is 3.30. The van der Waals surface area contributed by atoms with Gasteiger partial charge in [0.25, 0.3) is 0 Å². The zero-order chi connectivity index (χ0) is 21.6. The number of carbonyl (C=O) groups excluding carboxylic acids is 1. The molecule has 0 saturated heterocycles. The second-order valence-electron chi connectivity index (χ2n) is 8.24. The van der Waals surface area contributed by atoms with Crippen LogP contribution in [0.25, 0.3) is 0 Å². The molecule has 0 aliphatic heterocycles. The number of ether oxygens (including phenoxy) is 1. The van der Waals surface area contributed by atoms with Crippen molar-refractivity contribution in [2.45, 2.75) is 32.0 Å². The van der Waals surface area contributed by atoms with Crippen LogP contribution < -0.4 is 5.73 Å². The molecule has 0 fully saturated rings. The van der Waals surface area contributed by atoms with E-state index in [0.717, 1.165) is 23.2 Å². The van der Waals surface area contributed by atoms with Crippen LogP contribution in [0, 0.1) is 0 Å². The summed E-state index contributed by atoms with van der Waals surface area (Å²) in [6.07, 6.45) is -0.116. The van der Waals surface area contributed by atoms with E-state index in [1.54, 1.807) is 12.1 Å². The number of hydrogen-bond donors (Lipinski definition) is 1. The van der Waals surface area contributed by atoms with Gasteiger partial charge in [-0.25, -0.2) is 0 Å². The largest absolute Gasteiger partial charge is 0.367 e. The molecule has 2 N–H and O–H groups in total. The molecular weight excluding hydrogens is 372 g/mol. The van der Waals surface area contributed by atoms with Gasteiger partial charge in [0.05, 0.1) is 6.61 Å². The molecule has 0 atom stereocenters. The summed E-state index contributed by atoms with van der Waals surface area (Å²) in [5, 5.41) is 0. The minimum absolute atomic E-state index is 0.116. The normalized spacial score (nSPS) is 11.8. The van der Waals surface area contributed by atoms with Gasteiger partial charge in [-0.3, -0.25) is 9.69 Å². The van der Waals surface area contributed by atoms with Crippen LogP contribution in [0.1, 0.15) is 47.0 Å². The molecular formula is C26H30N2O2. The standard InChI is InChI=1S/C26H30N2O2/c1-26(2,28(3)18-20-14-16-23(17-15-20)25(27)29)19-30-24(21-10-6-4-7-11-21)22-12-8-5-9-13-22/h4-17,24H,18-19H2,1-3H3,(H2,27,29). The number of benzene rings is 3. The molecule has 0 saturated carbocycles. The molecule has 3 rings (SSSR count). The first kappa shape index (κ1) is 21.8. The van der Waals surface area contributed by atoms with Gasteiger partial charge in [-0.1, -0.05) is 72.8 Å². The Labute approximate surface area is 179 Å². The number of amides is 1. The van der Waals surface area contributed by atoms with Crippen molar-refractivity contribution in [2.24, 2.45) is 5.73 Å². The Morgan fingerprint density at radius 3 is 1.87 bits per heavy atom. The fraction of sp³-hybridized carbons (Fsp3) is 0.269. The quantitative estimate of drug-likeness (QED) is 0.559. The lowest BCUT2D eigenvalue weighted by atomic mass is 10.00. The summed E-state index contributed by atoms with van der Waals surface area (Å²) in [7, 11) is 2.09. The third-order valence-electron chi connectivity index (χ3n) is 5.50. The molecule has 0 bridgehead atoms. The van der Waals surface area contributed by atoms with E-state index in [0.29, 0.717) is 12.2 Å². The summed E-state index contributed by atoms with van der Waals surface area (Å²) < 4.78 is 6.49. The Bertz CT molecular complexity index is 898. The maximum absolute atomic E-state index is 11.3. The Kier molecular flexibility index (Phi) is 7.03. The SMILES string of the molecule is CN(Cc1ccc(C(N)=O)cc1)C(C)(C)COC(c1ccccc1)c1ccccc1. The highest BCUT2D eigenvalue weighted by molar-refractivity contribution is 5.92. The molecule has 3 aromatic carbocycles. The molecule has 3 aromatic rings. The second-order valence-corrected chi connectivity index (χ2v) is 8.24. The topological polar surface area (TPSA) is 55.6 Å². The van der Waals surface area contributed by atoms with Crippen LogP contribution >= 0.6 is 0 Å². The average Bonchev–Trinajstić information content (AvgIpc) is 2.75. The molecule has 0 radical (unpaired) electrons. The summed E-state index contributed by atoms with van der Waals surface area (Å²) in [5.74, 6) is -0.406. The predicted octanol–water partition coefficient (Wildman–Crippen LogP) is 4.80. The van der Waals surface area contributed by atoms with Gasteiger partial charge in [-0.15, -0.1) is 0 Å². The van der Waals surface area contributed by atoms with Gasteiger partial charge in [0.1, 0.15) is 6.10 Å².